The molecule has 1 aliphatic heterocycles. The molecule has 0 spiro atoms. The first kappa shape index (κ1) is 11.9. The lowest BCUT2D eigenvalue weighted by Gasteiger charge is -2.41. The van der Waals surface area contributed by atoms with Crippen molar-refractivity contribution in [2.24, 2.45) is 0 Å². The molecule has 92 valence electrons. The van der Waals surface area contributed by atoms with E-state index in [9.17, 15) is 4.79 Å². The fraction of sp³-hybridized carbons (Fsp3) is 0.917. The average Bonchev–Trinajstić information content (AvgIpc) is 2.75. The van der Waals surface area contributed by atoms with Gasteiger partial charge in [-0.25, -0.2) is 0 Å². The summed E-state index contributed by atoms with van der Waals surface area (Å²) in [6, 6.07) is 0.956. The summed E-state index contributed by atoms with van der Waals surface area (Å²) in [5.74, 6) is 0.194. The van der Waals surface area contributed by atoms with Gasteiger partial charge in [0.1, 0.15) is 6.04 Å². The van der Waals surface area contributed by atoms with Crippen LogP contribution in [0.25, 0.3) is 0 Å². The van der Waals surface area contributed by atoms with Gasteiger partial charge in [-0.2, -0.15) is 0 Å². The molecule has 1 amide bonds. The van der Waals surface area contributed by atoms with Gasteiger partial charge in [0.05, 0.1) is 0 Å². The number of hydrogen-bond donors (Lipinski definition) is 2. The standard InChI is InChI=1S/C12H23N3O/c1-9-8-15(10-5-3-4-6-10)11(7-13-2)12(16)14-9/h9-11,13H,3-8H2,1-2H3,(H,14,16). The van der Waals surface area contributed by atoms with Crippen LogP contribution in [0.5, 0.6) is 0 Å². The maximum Gasteiger partial charge on any atom is 0.238 e. The minimum absolute atomic E-state index is 0.0318. The molecule has 0 bridgehead atoms. The van der Waals surface area contributed by atoms with Gasteiger partial charge in [-0.05, 0) is 26.8 Å². The fourth-order valence-electron chi connectivity index (χ4n) is 3.02. The van der Waals surface area contributed by atoms with E-state index in [1.807, 2.05) is 7.05 Å². The van der Waals surface area contributed by atoms with Crippen molar-refractivity contribution >= 4 is 5.91 Å². The van der Waals surface area contributed by atoms with Crippen LogP contribution in [0.3, 0.4) is 0 Å². The molecule has 1 heterocycles. The van der Waals surface area contributed by atoms with Crippen molar-refractivity contribution in [3.63, 3.8) is 0 Å². The molecule has 2 unspecified atom stereocenters. The number of piperazine rings is 1. The van der Waals surface area contributed by atoms with E-state index in [-0.39, 0.29) is 11.9 Å². The van der Waals surface area contributed by atoms with Crippen LogP contribution < -0.4 is 10.6 Å². The maximum absolute atomic E-state index is 12.0. The summed E-state index contributed by atoms with van der Waals surface area (Å²) in [6.07, 6.45) is 5.17. The van der Waals surface area contributed by atoms with Gasteiger partial charge >= 0.3 is 0 Å². The lowest BCUT2D eigenvalue weighted by atomic mass is 10.0. The largest absolute Gasteiger partial charge is 0.351 e. The number of nitrogens with zero attached hydrogens (tertiary/aromatic N) is 1. The zero-order valence-corrected chi connectivity index (χ0v) is 10.3. The van der Waals surface area contributed by atoms with Crippen molar-refractivity contribution in [2.75, 3.05) is 20.1 Å². The summed E-state index contributed by atoms with van der Waals surface area (Å²) in [5.41, 5.74) is 0. The second kappa shape index (κ2) is 5.15. The molecule has 1 saturated heterocycles. The van der Waals surface area contributed by atoms with Crippen LogP contribution in [0, 0.1) is 0 Å². The summed E-state index contributed by atoms with van der Waals surface area (Å²) in [5, 5.41) is 6.18. The first-order chi connectivity index (χ1) is 7.72. The highest BCUT2D eigenvalue weighted by molar-refractivity contribution is 5.83. The molecule has 0 aromatic carbocycles. The Bertz CT molecular complexity index is 251. The van der Waals surface area contributed by atoms with Gasteiger partial charge in [-0.3, -0.25) is 9.69 Å². The normalized spacial score (nSPS) is 33.0. The van der Waals surface area contributed by atoms with Gasteiger partial charge in [-0.1, -0.05) is 12.8 Å². The third kappa shape index (κ3) is 2.38. The van der Waals surface area contributed by atoms with Crippen LogP contribution >= 0.6 is 0 Å². The molecule has 2 N–H and O–H groups in total. The Labute approximate surface area is 97.8 Å². The highest BCUT2D eigenvalue weighted by Gasteiger charge is 2.37. The van der Waals surface area contributed by atoms with Crippen molar-refractivity contribution in [1.29, 1.82) is 0 Å². The Morgan fingerprint density at radius 3 is 2.75 bits per heavy atom. The summed E-state index contributed by atoms with van der Waals surface area (Å²) in [6.45, 7) is 3.85. The average molecular weight is 225 g/mol. The number of likely N-dealkylation sites (N-methyl/N-ethyl adjacent to an activating group) is 1. The van der Waals surface area contributed by atoms with E-state index in [0.29, 0.717) is 12.1 Å². The molecule has 16 heavy (non-hydrogen) atoms. The van der Waals surface area contributed by atoms with Gasteiger partial charge in [-0.15, -0.1) is 0 Å². The molecule has 2 atom stereocenters. The van der Waals surface area contributed by atoms with Crippen LogP contribution in [0.4, 0.5) is 0 Å². The third-order valence-corrected chi connectivity index (χ3v) is 3.77. The van der Waals surface area contributed by atoms with Crippen LogP contribution in [0.1, 0.15) is 32.6 Å². The van der Waals surface area contributed by atoms with Crippen molar-refractivity contribution in [3.05, 3.63) is 0 Å². The minimum Gasteiger partial charge on any atom is -0.351 e. The van der Waals surface area contributed by atoms with Crippen LogP contribution in [0.2, 0.25) is 0 Å². The van der Waals surface area contributed by atoms with Gasteiger partial charge in [0.15, 0.2) is 0 Å². The summed E-state index contributed by atoms with van der Waals surface area (Å²) in [7, 11) is 1.91. The predicted octanol–water partition coefficient (Wildman–Crippen LogP) is 0.337. The first-order valence-corrected chi connectivity index (χ1v) is 6.43. The van der Waals surface area contributed by atoms with E-state index in [2.05, 4.69) is 22.5 Å². The maximum atomic E-state index is 12.0. The number of carbonyl (C=O) groups is 1. The lowest BCUT2D eigenvalue weighted by Crippen LogP contribution is -2.63. The molecule has 1 saturated carbocycles. The zero-order chi connectivity index (χ0) is 11.5. The Hall–Kier alpha value is -0.610. The van der Waals surface area contributed by atoms with Crippen molar-refractivity contribution in [2.45, 2.75) is 50.7 Å². The Kier molecular flexibility index (Phi) is 3.82. The van der Waals surface area contributed by atoms with E-state index in [4.69, 9.17) is 0 Å². The second-order valence-corrected chi connectivity index (χ2v) is 5.12. The minimum atomic E-state index is 0.0318. The number of nitrogens with one attached hydrogen (secondary N) is 2. The Morgan fingerprint density at radius 1 is 1.44 bits per heavy atom. The summed E-state index contributed by atoms with van der Waals surface area (Å²) in [4.78, 5) is 14.4. The zero-order valence-electron chi connectivity index (χ0n) is 10.3. The van der Waals surface area contributed by atoms with E-state index < -0.39 is 0 Å². The Morgan fingerprint density at radius 2 is 2.12 bits per heavy atom. The molecular formula is C12H23N3O. The summed E-state index contributed by atoms with van der Waals surface area (Å²) < 4.78 is 0. The van der Waals surface area contributed by atoms with Crippen LogP contribution in [0.15, 0.2) is 0 Å². The van der Waals surface area contributed by atoms with Gasteiger partial charge in [0.2, 0.25) is 5.91 Å². The van der Waals surface area contributed by atoms with Gasteiger partial charge in [0, 0.05) is 25.2 Å². The molecule has 0 aromatic rings. The van der Waals surface area contributed by atoms with Crippen LogP contribution in [-0.2, 0) is 4.79 Å². The van der Waals surface area contributed by atoms with Gasteiger partial charge in [0.25, 0.3) is 0 Å². The van der Waals surface area contributed by atoms with E-state index in [0.717, 1.165) is 13.1 Å². The topological polar surface area (TPSA) is 44.4 Å². The lowest BCUT2D eigenvalue weighted by molar-refractivity contribution is -0.131. The van der Waals surface area contributed by atoms with E-state index in [1.54, 1.807) is 0 Å². The second-order valence-electron chi connectivity index (χ2n) is 5.12. The first-order valence-electron chi connectivity index (χ1n) is 6.43. The smallest absolute Gasteiger partial charge is 0.238 e. The number of hydrogen-bond acceptors (Lipinski definition) is 3. The molecule has 0 aromatic heterocycles. The SMILES string of the molecule is CNCC1C(=O)NC(C)CN1C1CCCC1. The quantitative estimate of drug-likeness (QED) is 0.728. The molecule has 4 heteroatoms. The van der Waals surface area contributed by atoms with Crippen molar-refractivity contribution in [3.8, 4) is 0 Å². The van der Waals surface area contributed by atoms with E-state index in [1.165, 1.54) is 25.7 Å². The van der Waals surface area contributed by atoms with Crippen molar-refractivity contribution < 1.29 is 4.79 Å². The third-order valence-electron chi connectivity index (χ3n) is 3.77. The molecule has 2 rings (SSSR count). The van der Waals surface area contributed by atoms with Gasteiger partial charge < -0.3 is 10.6 Å². The molecular weight excluding hydrogens is 202 g/mol. The predicted molar refractivity (Wildman–Crippen MR) is 64.3 cm³/mol. The molecule has 0 radical (unpaired) electrons. The van der Waals surface area contributed by atoms with Crippen LogP contribution in [-0.4, -0.2) is 49.1 Å². The highest BCUT2D eigenvalue weighted by atomic mass is 16.2. The number of carbonyl (C=O) groups excluding carboxylic acids is 1. The Balaban J connectivity index is 2.06. The van der Waals surface area contributed by atoms with E-state index >= 15 is 0 Å². The molecule has 1 aliphatic carbocycles. The molecule has 4 nitrogen and oxygen atoms in total. The monoisotopic (exact) mass is 225 g/mol. The number of amides is 1. The summed E-state index contributed by atoms with van der Waals surface area (Å²) >= 11 is 0. The number of rotatable bonds is 3. The highest BCUT2D eigenvalue weighted by Crippen LogP contribution is 2.26. The molecule has 2 aliphatic rings. The molecule has 2 fully saturated rings. The fourth-order valence-corrected chi connectivity index (χ4v) is 3.02. The van der Waals surface area contributed by atoms with Crippen molar-refractivity contribution in [1.82, 2.24) is 15.5 Å².